The highest BCUT2D eigenvalue weighted by atomic mass is 16.5. The van der Waals surface area contributed by atoms with Crippen molar-refractivity contribution in [2.75, 3.05) is 31.4 Å². The van der Waals surface area contributed by atoms with E-state index in [0.717, 1.165) is 11.5 Å². The van der Waals surface area contributed by atoms with Crippen LogP contribution in [0.25, 0.3) is 0 Å². The minimum atomic E-state index is 0.275. The molecular weight excluding hydrogens is 246 g/mol. The van der Waals surface area contributed by atoms with Crippen LogP contribution in [0.4, 0.5) is 11.9 Å². The highest BCUT2D eigenvalue weighted by molar-refractivity contribution is 5.37. The minimum Gasteiger partial charge on any atom is -0.467 e. The molecule has 0 aliphatic carbocycles. The molecule has 0 spiro atoms. The molecule has 0 unspecified atom stereocenters. The molecule has 0 aromatic carbocycles. The molecule has 7 heteroatoms. The first-order valence-corrected chi connectivity index (χ1v) is 5.86. The second-order valence-corrected chi connectivity index (χ2v) is 4.06. The number of rotatable bonds is 5. The molecule has 19 heavy (non-hydrogen) atoms. The Hall–Kier alpha value is -2.31. The van der Waals surface area contributed by atoms with Gasteiger partial charge in [0.05, 0.1) is 13.7 Å². The summed E-state index contributed by atoms with van der Waals surface area (Å²) in [6.45, 7) is 2.48. The Morgan fingerprint density at radius 3 is 2.68 bits per heavy atom. The van der Waals surface area contributed by atoms with Gasteiger partial charge >= 0.3 is 6.01 Å². The SMILES string of the molecule is CNc1nc(OC)nc(N(C)Cc2ccc(C)o2)n1. The van der Waals surface area contributed by atoms with E-state index in [1.807, 2.05) is 31.0 Å². The topological polar surface area (TPSA) is 76.3 Å². The summed E-state index contributed by atoms with van der Waals surface area (Å²) in [6, 6.07) is 4.14. The van der Waals surface area contributed by atoms with E-state index in [9.17, 15) is 0 Å². The van der Waals surface area contributed by atoms with Gasteiger partial charge in [0, 0.05) is 14.1 Å². The molecular formula is C12H17N5O2. The minimum absolute atomic E-state index is 0.275. The maximum Gasteiger partial charge on any atom is 0.322 e. The largest absolute Gasteiger partial charge is 0.467 e. The zero-order valence-corrected chi connectivity index (χ0v) is 11.5. The molecule has 2 aromatic rings. The van der Waals surface area contributed by atoms with E-state index in [4.69, 9.17) is 9.15 Å². The second-order valence-electron chi connectivity index (χ2n) is 4.06. The van der Waals surface area contributed by atoms with Crippen molar-refractivity contribution in [1.82, 2.24) is 15.0 Å². The van der Waals surface area contributed by atoms with Gasteiger partial charge in [-0.05, 0) is 19.1 Å². The van der Waals surface area contributed by atoms with Gasteiger partial charge in [-0.1, -0.05) is 0 Å². The molecule has 2 heterocycles. The van der Waals surface area contributed by atoms with Crippen molar-refractivity contribution in [3.05, 3.63) is 23.7 Å². The van der Waals surface area contributed by atoms with Gasteiger partial charge in [0.2, 0.25) is 11.9 Å². The van der Waals surface area contributed by atoms with Gasteiger partial charge in [-0.2, -0.15) is 15.0 Å². The molecule has 0 bridgehead atoms. The fourth-order valence-corrected chi connectivity index (χ4v) is 1.59. The summed E-state index contributed by atoms with van der Waals surface area (Å²) >= 11 is 0. The first-order chi connectivity index (χ1) is 9.12. The highest BCUT2D eigenvalue weighted by Gasteiger charge is 2.12. The standard InChI is InChI=1S/C12H17N5O2/c1-8-5-6-9(19-8)7-17(3)11-14-10(13-2)15-12(16-11)18-4/h5-6H,7H2,1-4H3,(H,13,14,15,16). The summed E-state index contributed by atoms with van der Waals surface area (Å²) in [5, 5.41) is 2.87. The fraction of sp³-hybridized carbons (Fsp3) is 0.417. The monoisotopic (exact) mass is 263 g/mol. The van der Waals surface area contributed by atoms with Gasteiger partial charge in [-0.15, -0.1) is 0 Å². The molecule has 0 atom stereocenters. The van der Waals surface area contributed by atoms with Crippen LogP contribution in [0.15, 0.2) is 16.5 Å². The Kier molecular flexibility index (Phi) is 3.84. The molecule has 2 rings (SSSR count). The number of hydrogen-bond acceptors (Lipinski definition) is 7. The molecule has 102 valence electrons. The van der Waals surface area contributed by atoms with E-state index in [1.54, 1.807) is 7.05 Å². The van der Waals surface area contributed by atoms with Crippen molar-refractivity contribution < 1.29 is 9.15 Å². The van der Waals surface area contributed by atoms with Gasteiger partial charge < -0.3 is 19.4 Å². The fourth-order valence-electron chi connectivity index (χ4n) is 1.59. The lowest BCUT2D eigenvalue weighted by atomic mass is 10.4. The van der Waals surface area contributed by atoms with E-state index < -0.39 is 0 Å². The van der Waals surface area contributed by atoms with Crippen molar-refractivity contribution >= 4 is 11.9 Å². The number of methoxy groups -OCH3 is 1. The summed E-state index contributed by atoms with van der Waals surface area (Å²) in [6.07, 6.45) is 0. The van der Waals surface area contributed by atoms with Gasteiger partial charge in [0.25, 0.3) is 0 Å². The summed E-state index contributed by atoms with van der Waals surface area (Å²) < 4.78 is 10.6. The van der Waals surface area contributed by atoms with Gasteiger partial charge in [0.1, 0.15) is 11.5 Å². The number of anilines is 2. The molecule has 0 aliphatic heterocycles. The summed E-state index contributed by atoms with van der Waals surface area (Å²) in [4.78, 5) is 14.4. The van der Waals surface area contributed by atoms with Crippen molar-refractivity contribution in [3.8, 4) is 6.01 Å². The predicted molar refractivity (Wildman–Crippen MR) is 71.5 cm³/mol. The van der Waals surface area contributed by atoms with E-state index in [-0.39, 0.29) is 6.01 Å². The molecule has 2 aromatic heterocycles. The molecule has 0 saturated heterocycles. The lowest BCUT2D eigenvalue weighted by Gasteiger charge is -2.16. The highest BCUT2D eigenvalue weighted by Crippen LogP contribution is 2.16. The van der Waals surface area contributed by atoms with Crippen LogP contribution in [-0.2, 0) is 6.54 Å². The van der Waals surface area contributed by atoms with E-state index in [1.165, 1.54) is 7.11 Å². The number of hydrogen-bond donors (Lipinski definition) is 1. The Balaban J connectivity index is 2.20. The number of nitrogens with one attached hydrogen (secondary N) is 1. The average molecular weight is 263 g/mol. The Morgan fingerprint density at radius 1 is 1.32 bits per heavy atom. The third-order valence-corrected chi connectivity index (χ3v) is 2.54. The van der Waals surface area contributed by atoms with Gasteiger partial charge in [-0.25, -0.2) is 0 Å². The molecule has 0 aliphatic rings. The predicted octanol–water partition coefficient (Wildman–Crippen LogP) is 1.46. The first-order valence-electron chi connectivity index (χ1n) is 5.86. The van der Waals surface area contributed by atoms with Crippen molar-refractivity contribution in [2.24, 2.45) is 0 Å². The molecule has 0 radical (unpaired) electrons. The maximum atomic E-state index is 5.53. The molecule has 0 fully saturated rings. The van der Waals surface area contributed by atoms with Crippen molar-refractivity contribution in [3.63, 3.8) is 0 Å². The summed E-state index contributed by atoms with van der Waals surface area (Å²) in [7, 11) is 5.15. The summed E-state index contributed by atoms with van der Waals surface area (Å²) in [5.41, 5.74) is 0. The first kappa shape index (κ1) is 13.1. The van der Waals surface area contributed by atoms with Crippen LogP contribution in [0.5, 0.6) is 6.01 Å². The molecule has 0 saturated carbocycles. The average Bonchev–Trinajstić information content (AvgIpc) is 2.83. The van der Waals surface area contributed by atoms with E-state index >= 15 is 0 Å². The quantitative estimate of drug-likeness (QED) is 0.875. The number of ether oxygens (including phenoxy) is 1. The number of nitrogens with zero attached hydrogens (tertiary/aromatic N) is 4. The third kappa shape index (κ3) is 3.12. The summed E-state index contributed by atoms with van der Waals surface area (Å²) in [5.74, 6) is 2.72. The molecule has 1 N–H and O–H groups in total. The van der Waals surface area contributed by atoms with Crippen LogP contribution in [0.1, 0.15) is 11.5 Å². The maximum absolute atomic E-state index is 5.53. The van der Waals surface area contributed by atoms with Crippen LogP contribution < -0.4 is 15.0 Å². The van der Waals surface area contributed by atoms with E-state index in [0.29, 0.717) is 18.4 Å². The van der Waals surface area contributed by atoms with Crippen LogP contribution in [0, 0.1) is 6.92 Å². The number of aryl methyl sites for hydroxylation is 1. The van der Waals surface area contributed by atoms with Crippen molar-refractivity contribution in [1.29, 1.82) is 0 Å². The lowest BCUT2D eigenvalue weighted by Crippen LogP contribution is -2.20. The zero-order chi connectivity index (χ0) is 13.8. The Bertz CT molecular complexity index is 533. The van der Waals surface area contributed by atoms with Crippen molar-refractivity contribution in [2.45, 2.75) is 13.5 Å². The Morgan fingerprint density at radius 2 is 2.11 bits per heavy atom. The van der Waals surface area contributed by atoms with Gasteiger partial charge in [0.15, 0.2) is 0 Å². The number of aromatic nitrogens is 3. The normalized spacial score (nSPS) is 10.3. The third-order valence-electron chi connectivity index (χ3n) is 2.54. The zero-order valence-electron chi connectivity index (χ0n) is 11.5. The smallest absolute Gasteiger partial charge is 0.322 e. The molecule has 7 nitrogen and oxygen atoms in total. The Labute approximate surface area is 111 Å². The van der Waals surface area contributed by atoms with Crippen LogP contribution in [-0.4, -0.2) is 36.2 Å². The van der Waals surface area contributed by atoms with Crippen LogP contribution in [0.2, 0.25) is 0 Å². The second kappa shape index (κ2) is 5.55. The van der Waals surface area contributed by atoms with E-state index in [2.05, 4.69) is 20.3 Å². The van der Waals surface area contributed by atoms with Crippen LogP contribution >= 0.6 is 0 Å². The van der Waals surface area contributed by atoms with Crippen LogP contribution in [0.3, 0.4) is 0 Å². The lowest BCUT2D eigenvalue weighted by molar-refractivity contribution is 0.378. The molecule has 0 amide bonds. The number of furan rings is 1. The van der Waals surface area contributed by atoms with Gasteiger partial charge in [-0.3, -0.25) is 0 Å².